The quantitative estimate of drug-likeness (QED) is 0.680. The summed E-state index contributed by atoms with van der Waals surface area (Å²) in [4.78, 5) is 24.7. The average Bonchev–Trinajstić information content (AvgIpc) is 2.46. The van der Waals surface area contributed by atoms with Gasteiger partial charge < -0.3 is 10.0 Å². The van der Waals surface area contributed by atoms with Gasteiger partial charge in [-0.15, -0.1) is 0 Å². The molecule has 1 aliphatic heterocycles. The maximum atomic E-state index is 12.6. The molecule has 108 valence electrons. The number of nitro benzene ring substituents is 1. The third-order valence-electron chi connectivity index (χ3n) is 3.77. The number of piperidine rings is 1. The number of benzene rings is 1. The number of carbonyl (C=O) groups is 1. The van der Waals surface area contributed by atoms with Gasteiger partial charge in [0.1, 0.15) is 11.3 Å². The van der Waals surface area contributed by atoms with E-state index in [0.29, 0.717) is 6.54 Å². The van der Waals surface area contributed by atoms with Crippen molar-refractivity contribution < 1.29 is 14.8 Å². The van der Waals surface area contributed by atoms with Crippen LogP contribution >= 0.6 is 0 Å². The van der Waals surface area contributed by atoms with Gasteiger partial charge in [-0.1, -0.05) is 6.92 Å². The smallest absolute Gasteiger partial charge is 0.282 e. The first kappa shape index (κ1) is 14.3. The van der Waals surface area contributed by atoms with Crippen LogP contribution in [0.3, 0.4) is 0 Å². The van der Waals surface area contributed by atoms with Gasteiger partial charge in [-0.2, -0.15) is 0 Å². The lowest BCUT2D eigenvalue weighted by Gasteiger charge is -2.35. The van der Waals surface area contributed by atoms with E-state index in [1.807, 2.05) is 6.92 Å². The summed E-state index contributed by atoms with van der Waals surface area (Å²) in [5, 5.41) is 20.5. The third kappa shape index (κ3) is 2.74. The number of amides is 1. The standard InChI is InChI=1S/C14H18N2O4/c1-2-10-5-3-4-8-15(10)14(18)12-9-11(17)6-7-13(12)16(19)20/h6-7,9-10,17H,2-5,8H2,1H3. The number of nitro groups is 1. The van der Waals surface area contributed by atoms with Crippen molar-refractivity contribution in [3.63, 3.8) is 0 Å². The van der Waals surface area contributed by atoms with E-state index in [9.17, 15) is 20.0 Å². The van der Waals surface area contributed by atoms with E-state index in [-0.39, 0.29) is 28.9 Å². The molecule has 0 aliphatic carbocycles. The number of hydrogen-bond donors (Lipinski definition) is 1. The van der Waals surface area contributed by atoms with Crippen molar-refractivity contribution in [2.75, 3.05) is 6.54 Å². The summed E-state index contributed by atoms with van der Waals surface area (Å²) >= 11 is 0. The van der Waals surface area contributed by atoms with Gasteiger partial charge in [0.15, 0.2) is 0 Å². The van der Waals surface area contributed by atoms with Crippen LogP contribution in [-0.4, -0.2) is 33.4 Å². The van der Waals surface area contributed by atoms with Crippen LogP contribution in [0.15, 0.2) is 18.2 Å². The molecule has 1 aromatic rings. The Balaban J connectivity index is 2.36. The van der Waals surface area contributed by atoms with Crippen LogP contribution in [0.5, 0.6) is 5.75 Å². The highest BCUT2D eigenvalue weighted by Crippen LogP contribution is 2.28. The predicted octanol–water partition coefficient (Wildman–Crippen LogP) is 2.71. The molecule has 1 aliphatic rings. The van der Waals surface area contributed by atoms with Crippen LogP contribution < -0.4 is 0 Å². The Hall–Kier alpha value is -2.11. The fourth-order valence-corrected chi connectivity index (χ4v) is 2.70. The Labute approximate surface area is 117 Å². The first-order valence-corrected chi connectivity index (χ1v) is 6.83. The van der Waals surface area contributed by atoms with E-state index in [2.05, 4.69) is 0 Å². The summed E-state index contributed by atoms with van der Waals surface area (Å²) in [6.45, 7) is 2.62. The van der Waals surface area contributed by atoms with Crippen LogP contribution in [0.2, 0.25) is 0 Å². The summed E-state index contributed by atoms with van der Waals surface area (Å²) in [5.41, 5.74) is -0.288. The van der Waals surface area contributed by atoms with E-state index in [1.54, 1.807) is 4.90 Å². The number of phenolic OH excluding ortho intramolecular Hbond substituents is 1. The molecule has 1 atom stereocenters. The molecule has 1 unspecified atom stereocenters. The monoisotopic (exact) mass is 278 g/mol. The Bertz CT molecular complexity index is 530. The zero-order chi connectivity index (χ0) is 14.7. The van der Waals surface area contributed by atoms with Crippen molar-refractivity contribution in [1.29, 1.82) is 0 Å². The fourth-order valence-electron chi connectivity index (χ4n) is 2.70. The second kappa shape index (κ2) is 5.90. The van der Waals surface area contributed by atoms with Gasteiger partial charge in [0.2, 0.25) is 0 Å². The van der Waals surface area contributed by atoms with Gasteiger partial charge in [0.05, 0.1) is 4.92 Å². The van der Waals surface area contributed by atoms with Crippen LogP contribution in [0.4, 0.5) is 5.69 Å². The molecule has 0 saturated carbocycles. The highest BCUT2D eigenvalue weighted by Gasteiger charge is 2.30. The molecule has 1 saturated heterocycles. The lowest BCUT2D eigenvalue weighted by molar-refractivity contribution is -0.385. The molecule has 1 fully saturated rings. The molecule has 1 aromatic carbocycles. The van der Waals surface area contributed by atoms with E-state index < -0.39 is 4.92 Å². The Morgan fingerprint density at radius 3 is 2.90 bits per heavy atom. The van der Waals surface area contributed by atoms with E-state index in [0.717, 1.165) is 25.7 Å². The number of rotatable bonds is 3. The first-order chi connectivity index (χ1) is 9.54. The Morgan fingerprint density at radius 2 is 2.25 bits per heavy atom. The third-order valence-corrected chi connectivity index (χ3v) is 3.77. The molecule has 6 nitrogen and oxygen atoms in total. The second-order valence-corrected chi connectivity index (χ2v) is 5.01. The minimum Gasteiger partial charge on any atom is -0.508 e. The highest BCUT2D eigenvalue weighted by molar-refractivity contribution is 5.98. The molecule has 0 spiro atoms. The second-order valence-electron chi connectivity index (χ2n) is 5.01. The van der Waals surface area contributed by atoms with Crippen molar-refractivity contribution in [3.05, 3.63) is 33.9 Å². The van der Waals surface area contributed by atoms with Crippen molar-refractivity contribution >= 4 is 11.6 Å². The van der Waals surface area contributed by atoms with Crippen LogP contribution in [0.1, 0.15) is 43.0 Å². The molecular formula is C14H18N2O4. The SMILES string of the molecule is CCC1CCCCN1C(=O)c1cc(O)ccc1[N+](=O)[O-]. The predicted molar refractivity (Wildman–Crippen MR) is 73.7 cm³/mol. The summed E-state index contributed by atoms with van der Waals surface area (Å²) in [6.07, 6.45) is 3.74. The molecule has 1 amide bonds. The topological polar surface area (TPSA) is 83.7 Å². The average molecular weight is 278 g/mol. The lowest BCUT2D eigenvalue weighted by atomic mass is 9.98. The van der Waals surface area contributed by atoms with Crippen molar-refractivity contribution in [1.82, 2.24) is 4.90 Å². The number of nitrogens with zero attached hydrogens (tertiary/aromatic N) is 2. The van der Waals surface area contributed by atoms with Gasteiger partial charge in [0, 0.05) is 18.7 Å². The number of likely N-dealkylation sites (tertiary alicyclic amines) is 1. The van der Waals surface area contributed by atoms with Gasteiger partial charge in [-0.25, -0.2) is 0 Å². The highest BCUT2D eigenvalue weighted by atomic mass is 16.6. The molecule has 20 heavy (non-hydrogen) atoms. The van der Waals surface area contributed by atoms with E-state index >= 15 is 0 Å². The van der Waals surface area contributed by atoms with Gasteiger partial charge >= 0.3 is 0 Å². The van der Waals surface area contributed by atoms with Crippen molar-refractivity contribution in [2.45, 2.75) is 38.6 Å². The first-order valence-electron chi connectivity index (χ1n) is 6.83. The van der Waals surface area contributed by atoms with E-state index in [1.165, 1.54) is 18.2 Å². The lowest BCUT2D eigenvalue weighted by Crippen LogP contribution is -2.43. The molecule has 0 radical (unpaired) electrons. The summed E-state index contributed by atoms with van der Waals surface area (Å²) in [6, 6.07) is 3.70. The number of hydrogen-bond acceptors (Lipinski definition) is 4. The van der Waals surface area contributed by atoms with Gasteiger partial charge in [0.25, 0.3) is 11.6 Å². The summed E-state index contributed by atoms with van der Waals surface area (Å²) in [7, 11) is 0. The van der Waals surface area contributed by atoms with Crippen LogP contribution in [-0.2, 0) is 0 Å². The minimum atomic E-state index is -0.586. The molecule has 1 N–H and O–H groups in total. The normalized spacial score (nSPS) is 18.9. The molecule has 2 rings (SSSR count). The molecular weight excluding hydrogens is 260 g/mol. The minimum absolute atomic E-state index is 0.0321. The van der Waals surface area contributed by atoms with Gasteiger partial charge in [-0.05, 0) is 37.8 Å². The van der Waals surface area contributed by atoms with Crippen LogP contribution in [0.25, 0.3) is 0 Å². The van der Waals surface area contributed by atoms with Crippen molar-refractivity contribution in [3.8, 4) is 5.75 Å². The van der Waals surface area contributed by atoms with Crippen molar-refractivity contribution in [2.24, 2.45) is 0 Å². The molecule has 6 heteroatoms. The number of aromatic hydroxyl groups is 1. The molecule has 1 heterocycles. The number of carbonyl (C=O) groups excluding carboxylic acids is 1. The van der Waals surface area contributed by atoms with Crippen LogP contribution in [0, 0.1) is 10.1 Å². The Morgan fingerprint density at radius 1 is 1.50 bits per heavy atom. The number of phenols is 1. The maximum absolute atomic E-state index is 12.6. The van der Waals surface area contributed by atoms with E-state index in [4.69, 9.17) is 0 Å². The molecule has 0 bridgehead atoms. The maximum Gasteiger partial charge on any atom is 0.282 e. The summed E-state index contributed by atoms with van der Waals surface area (Å²) in [5.74, 6) is -0.497. The zero-order valence-electron chi connectivity index (χ0n) is 11.4. The fraction of sp³-hybridized carbons (Fsp3) is 0.500. The zero-order valence-corrected chi connectivity index (χ0v) is 11.4. The van der Waals surface area contributed by atoms with Gasteiger partial charge in [-0.3, -0.25) is 14.9 Å². The Kier molecular flexibility index (Phi) is 4.22. The summed E-state index contributed by atoms with van der Waals surface area (Å²) < 4.78 is 0. The molecule has 0 aromatic heterocycles. The largest absolute Gasteiger partial charge is 0.508 e.